The second-order valence-corrected chi connectivity index (χ2v) is 7.30. The van der Waals surface area contributed by atoms with Crippen molar-refractivity contribution in [3.05, 3.63) is 48.0 Å². The molecule has 0 atom stereocenters. The summed E-state index contributed by atoms with van der Waals surface area (Å²) in [5.74, 6) is 0.910. The third-order valence-electron chi connectivity index (χ3n) is 4.43. The summed E-state index contributed by atoms with van der Waals surface area (Å²) in [5.41, 5.74) is 3.00. The smallest absolute Gasteiger partial charge is 0.231 e. The van der Waals surface area contributed by atoms with Crippen molar-refractivity contribution < 1.29 is 9.53 Å². The summed E-state index contributed by atoms with van der Waals surface area (Å²) in [6.45, 7) is 3.44. The Labute approximate surface area is 150 Å². The Balaban J connectivity index is 1.39. The number of carbonyl (C=O) groups excluding carboxylic acids is 1. The summed E-state index contributed by atoms with van der Waals surface area (Å²) in [7, 11) is 1.66. The van der Waals surface area contributed by atoms with Crippen LogP contribution >= 0.6 is 11.3 Å². The van der Waals surface area contributed by atoms with E-state index in [1.807, 2.05) is 49.4 Å². The molecular formula is C19H19N3O2S. The molecule has 0 unspecified atom stereocenters. The van der Waals surface area contributed by atoms with Crippen LogP contribution in [-0.4, -0.2) is 31.1 Å². The van der Waals surface area contributed by atoms with Crippen LogP contribution in [-0.2, 0) is 4.79 Å². The fourth-order valence-electron chi connectivity index (χ4n) is 2.84. The number of amides is 1. The molecule has 2 heterocycles. The number of rotatable bonds is 4. The number of aromatic nitrogens is 1. The highest BCUT2D eigenvalue weighted by molar-refractivity contribution is 7.22. The summed E-state index contributed by atoms with van der Waals surface area (Å²) < 4.78 is 6.36. The van der Waals surface area contributed by atoms with E-state index < -0.39 is 0 Å². The number of fused-ring (bicyclic) bond motifs is 1. The van der Waals surface area contributed by atoms with Gasteiger partial charge in [0.15, 0.2) is 5.13 Å². The van der Waals surface area contributed by atoms with Crippen molar-refractivity contribution in [2.24, 2.45) is 5.92 Å². The molecule has 0 spiro atoms. The van der Waals surface area contributed by atoms with Gasteiger partial charge in [0.2, 0.25) is 5.91 Å². The predicted octanol–water partition coefficient (Wildman–Crippen LogP) is 3.69. The summed E-state index contributed by atoms with van der Waals surface area (Å²) in [4.78, 5) is 19.1. The standard InChI is InChI=1S/C19H19N3O2S/c1-12-3-5-14(6-4-12)20-18(23)13-10-22(11-13)19-21-16-8-7-15(24-2)9-17(16)25-19/h3-9,13H,10-11H2,1-2H3,(H,20,23). The molecule has 1 amide bonds. The highest BCUT2D eigenvalue weighted by Gasteiger charge is 2.34. The second-order valence-electron chi connectivity index (χ2n) is 6.29. The van der Waals surface area contributed by atoms with Gasteiger partial charge >= 0.3 is 0 Å². The topological polar surface area (TPSA) is 54.5 Å². The molecule has 0 radical (unpaired) electrons. The van der Waals surface area contributed by atoms with Gasteiger partial charge in [0.25, 0.3) is 0 Å². The fourth-order valence-corrected chi connectivity index (χ4v) is 3.85. The lowest BCUT2D eigenvalue weighted by Gasteiger charge is -2.37. The molecule has 1 aliphatic heterocycles. The van der Waals surface area contributed by atoms with Gasteiger partial charge < -0.3 is 15.0 Å². The molecule has 0 aliphatic carbocycles. The average Bonchev–Trinajstić information content (AvgIpc) is 2.98. The van der Waals surface area contributed by atoms with E-state index in [2.05, 4.69) is 15.2 Å². The summed E-state index contributed by atoms with van der Waals surface area (Å²) in [6.07, 6.45) is 0. The van der Waals surface area contributed by atoms with Crippen molar-refractivity contribution in [1.82, 2.24) is 4.98 Å². The molecule has 0 bridgehead atoms. The number of carbonyl (C=O) groups is 1. The van der Waals surface area contributed by atoms with Crippen molar-refractivity contribution in [3.8, 4) is 5.75 Å². The number of nitrogens with one attached hydrogen (secondary N) is 1. The summed E-state index contributed by atoms with van der Waals surface area (Å²) in [6, 6.07) is 13.7. The van der Waals surface area contributed by atoms with Gasteiger partial charge in [0.05, 0.1) is 23.2 Å². The normalized spacial score (nSPS) is 14.4. The van der Waals surface area contributed by atoms with Gasteiger partial charge in [0, 0.05) is 18.8 Å². The zero-order valence-electron chi connectivity index (χ0n) is 14.2. The predicted molar refractivity (Wildman–Crippen MR) is 102 cm³/mol. The van der Waals surface area contributed by atoms with Crippen LogP contribution in [0.2, 0.25) is 0 Å². The van der Waals surface area contributed by atoms with E-state index in [0.29, 0.717) is 13.1 Å². The quantitative estimate of drug-likeness (QED) is 0.777. The number of hydrogen-bond acceptors (Lipinski definition) is 5. The Morgan fingerprint density at radius 1 is 1.24 bits per heavy atom. The minimum atomic E-state index is 0.00264. The maximum atomic E-state index is 12.3. The van der Waals surface area contributed by atoms with E-state index in [0.717, 1.165) is 26.8 Å². The Kier molecular flexibility index (Phi) is 4.05. The first-order chi connectivity index (χ1) is 12.1. The number of hydrogen-bond donors (Lipinski definition) is 1. The fraction of sp³-hybridized carbons (Fsp3) is 0.263. The van der Waals surface area contributed by atoms with Gasteiger partial charge in [-0.1, -0.05) is 29.0 Å². The molecule has 128 valence electrons. The average molecular weight is 353 g/mol. The second kappa shape index (κ2) is 6.37. The van der Waals surface area contributed by atoms with Gasteiger partial charge in [-0.3, -0.25) is 4.79 Å². The molecule has 6 heteroatoms. The Morgan fingerprint density at radius 2 is 2.00 bits per heavy atom. The third kappa shape index (κ3) is 3.17. The molecule has 1 aromatic heterocycles. The first kappa shape index (κ1) is 15.9. The molecule has 3 aromatic rings. The maximum Gasteiger partial charge on any atom is 0.231 e. The lowest BCUT2D eigenvalue weighted by Crippen LogP contribution is -2.52. The van der Waals surface area contributed by atoms with Gasteiger partial charge in [-0.15, -0.1) is 0 Å². The molecule has 0 saturated carbocycles. The summed E-state index contributed by atoms with van der Waals surface area (Å²) in [5, 5.41) is 3.95. The first-order valence-corrected chi connectivity index (χ1v) is 9.01. The number of benzene rings is 2. The highest BCUT2D eigenvalue weighted by atomic mass is 32.1. The number of ether oxygens (including phenoxy) is 1. The molecule has 1 fully saturated rings. The lowest BCUT2D eigenvalue weighted by molar-refractivity contribution is -0.120. The van der Waals surface area contributed by atoms with Crippen LogP contribution in [0.5, 0.6) is 5.75 Å². The van der Waals surface area contributed by atoms with Gasteiger partial charge in [-0.05, 0) is 37.3 Å². The van der Waals surface area contributed by atoms with Gasteiger partial charge in [0.1, 0.15) is 5.75 Å². The van der Waals surface area contributed by atoms with E-state index in [1.165, 1.54) is 5.56 Å². The number of methoxy groups -OCH3 is 1. The van der Waals surface area contributed by atoms with Crippen LogP contribution in [0.1, 0.15) is 5.56 Å². The van der Waals surface area contributed by atoms with E-state index >= 15 is 0 Å². The van der Waals surface area contributed by atoms with E-state index in [-0.39, 0.29) is 11.8 Å². The SMILES string of the molecule is COc1ccc2nc(N3CC(C(=O)Nc4ccc(C)cc4)C3)sc2c1. The van der Waals surface area contributed by atoms with Crippen LogP contribution < -0.4 is 15.0 Å². The van der Waals surface area contributed by atoms with Crippen molar-refractivity contribution >= 4 is 38.3 Å². The van der Waals surface area contributed by atoms with Crippen LogP contribution in [0.4, 0.5) is 10.8 Å². The zero-order valence-corrected chi connectivity index (χ0v) is 15.0. The summed E-state index contributed by atoms with van der Waals surface area (Å²) >= 11 is 1.63. The number of nitrogens with zero attached hydrogens (tertiary/aromatic N) is 2. The third-order valence-corrected chi connectivity index (χ3v) is 5.51. The van der Waals surface area contributed by atoms with Crippen LogP contribution in [0.15, 0.2) is 42.5 Å². The largest absolute Gasteiger partial charge is 0.497 e. The van der Waals surface area contributed by atoms with Crippen molar-refractivity contribution in [2.45, 2.75) is 6.92 Å². The number of anilines is 2. The van der Waals surface area contributed by atoms with Crippen molar-refractivity contribution in [3.63, 3.8) is 0 Å². The monoisotopic (exact) mass is 353 g/mol. The molecule has 5 nitrogen and oxygen atoms in total. The molecule has 2 aromatic carbocycles. The van der Waals surface area contributed by atoms with Crippen molar-refractivity contribution in [2.75, 3.05) is 30.4 Å². The molecule has 4 rings (SSSR count). The van der Waals surface area contributed by atoms with Gasteiger partial charge in [-0.25, -0.2) is 4.98 Å². The minimum Gasteiger partial charge on any atom is -0.497 e. The Morgan fingerprint density at radius 3 is 2.72 bits per heavy atom. The van der Waals surface area contributed by atoms with E-state index in [4.69, 9.17) is 4.74 Å². The van der Waals surface area contributed by atoms with Crippen molar-refractivity contribution in [1.29, 1.82) is 0 Å². The first-order valence-electron chi connectivity index (χ1n) is 8.19. The van der Waals surface area contributed by atoms with Crippen LogP contribution in [0.3, 0.4) is 0 Å². The lowest BCUT2D eigenvalue weighted by atomic mass is 10.00. The molecule has 1 saturated heterocycles. The van der Waals surface area contributed by atoms with E-state index in [9.17, 15) is 4.79 Å². The van der Waals surface area contributed by atoms with Crippen LogP contribution in [0.25, 0.3) is 10.2 Å². The molecule has 1 N–H and O–H groups in total. The highest BCUT2D eigenvalue weighted by Crippen LogP contribution is 2.34. The minimum absolute atomic E-state index is 0.00264. The van der Waals surface area contributed by atoms with E-state index in [1.54, 1.807) is 18.4 Å². The van der Waals surface area contributed by atoms with Crippen LogP contribution in [0, 0.1) is 12.8 Å². The molecule has 25 heavy (non-hydrogen) atoms. The zero-order chi connectivity index (χ0) is 17.4. The Hall–Kier alpha value is -2.60. The maximum absolute atomic E-state index is 12.3. The molecular weight excluding hydrogens is 334 g/mol. The molecule has 1 aliphatic rings. The number of thiazole rings is 1. The Bertz CT molecular complexity index is 914. The number of aryl methyl sites for hydroxylation is 1. The van der Waals surface area contributed by atoms with Gasteiger partial charge in [-0.2, -0.15) is 0 Å².